The number of hydrogen-bond donors (Lipinski definition) is 2. The first-order valence-corrected chi connectivity index (χ1v) is 5.36. The lowest BCUT2D eigenvalue weighted by atomic mass is 10.1. The summed E-state index contributed by atoms with van der Waals surface area (Å²) in [6.07, 6.45) is 0.565. The Kier molecular flexibility index (Phi) is 4.43. The minimum Gasteiger partial charge on any atom is -0.348 e. The number of benzene rings is 1. The van der Waals surface area contributed by atoms with E-state index in [1.165, 1.54) is 6.07 Å². The molecule has 2 atom stereocenters. The molecule has 0 aliphatic carbocycles. The lowest BCUT2D eigenvalue weighted by Gasteiger charge is -2.17. The number of nitrogens with two attached hydrogens (primary N) is 1. The van der Waals surface area contributed by atoms with Gasteiger partial charge in [0.1, 0.15) is 5.82 Å². The molecule has 16 heavy (non-hydrogen) atoms. The minimum absolute atomic E-state index is 0.252. The molecule has 0 saturated carbocycles. The molecule has 1 amide bonds. The average Bonchev–Trinajstić information content (AvgIpc) is 2.28. The Morgan fingerprint density at radius 3 is 2.69 bits per heavy atom. The maximum Gasteiger partial charge on any atom is 0.237 e. The zero-order valence-corrected chi connectivity index (χ0v) is 9.53. The van der Waals surface area contributed by atoms with Crippen LogP contribution in [0.2, 0.25) is 0 Å². The average molecular weight is 224 g/mol. The first-order chi connectivity index (χ1) is 7.56. The third-order valence-electron chi connectivity index (χ3n) is 2.51. The van der Waals surface area contributed by atoms with Gasteiger partial charge < -0.3 is 11.1 Å². The van der Waals surface area contributed by atoms with Crippen LogP contribution in [0.1, 0.15) is 31.9 Å². The second-order valence-corrected chi connectivity index (χ2v) is 3.77. The molecule has 0 spiro atoms. The SMILES string of the molecule is CCC(N)C(=O)N[C@H](C)c1ccccc1F. The third-order valence-corrected chi connectivity index (χ3v) is 2.51. The summed E-state index contributed by atoms with van der Waals surface area (Å²) >= 11 is 0. The normalized spacial score (nSPS) is 14.2. The summed E-state index contributed by atoms with van der Waals surface area (Å²) in [5, 5.41) is 2.68. The minimum atomic E-state index is -0.533. The van der Waals surface area contributed by atoms with Crippen LogP contribution >= 0.6 is 0 Å². The van der Waals surface area contributed by atoms with Gasteiger partial charge in [-0.2, -0.15) is 0 Å². The van der Waals surface area contributed by atoms with Crippen LogP contribution in [0.4, 0.5) is 4.39 Å². The highest BCUT2D eigenvalue weighted by Crippen LogP contribution is 2.15. The van der Waals surface area contributed by atoms with E-state index >= 15 is 0 Å². The highest BCUT2D eigenvalue weighted by atomic mass is 19.1. The number of rotatable bonds is 4. The maximum absolute atomic E-state index is 13.4. The smallest absolute Gasteiger partial charge is 0.237 e. The molecule has 3 N–H and O–H groups in total. The van der Waals surface area contributed by atoms with Crippen molar-refractivity contribution in [3.8, 4) is 0 Å². The van der Waals surface area contributed by atoms with Gasteiger partial charge in [-0.1, -0.05) is 25.1 Å². The Bertz CT molecular complexity index is 368. The number of nitrogens with one attached hydrogen (secondary N) is 1. The van der Waals surface area contributed by atoms with Gasteiger partial charge in [0.05, 0.1) is 12.1 Å². The molecule has 0 aliphatic rings. The molecular weight excluding hydrogens is 207 g/mol. The Morgan fingerprint density at radius 2 is 2.12 bits per heavy atom. The molecule has 0 saturated heterocycles. The van der Waals surface area contributed by atoms with Gasteiger partial charge >= 0.3 is 0 Å². The second-order valence-electron chi connectivity index (χ2n) is 3.77. The van der Waals surface area contributed by atoms with Crippen molar-refractivity contribution >= 4 is 5.91 Å². The molecule has 3 nitrogen and oxygen atoms in total. The Labute approximate surface area is 94.8 Å². The van der Waals surface area contributed by atoms with Gasteiger partial charge in [-0.05, 0) is 19.4 Å². The zero-order valence-electron chi connectivity index (χ0n) is 9.53. The predicted molar refractivity (Wildman–Crippen MR) is 61.2 cm³/mol. The van der Waals surface area contributed by atoms with E-state index in [9.17, 15) is 9.18 Å². The third kappa shape index (κ3) is 3.03. The number of hydrogen-bond acceptors (Lipinski definition) is 2. The number of carbonyl (C=O) groups is 1. The van der Waals surface area contributed by atoms with Crippen molar-refractivity contribution in [3.05, 3.63) is 35.6 Å². The molecule has 0 heterocycles. The highest BCUT2D eigenvalue weighted by Gasteiger charge is 2.16. The summed E-state index contributed by atoms with van der Waals surface area (Å²) in [6.45, 7) is 3.57. The fourth-order valence-corrected chi connectivity index (χ4v) is 1.41. The Balaban J connectivity index is 2.69. The van der Waals surface area contributed by atoms with Gasteiger partial charge in [0.25, 0.3) is 0 Å². The van der Waals surface area contributed by atoms with Crippen LogP contribution in [0.5, 0.6) is 0 Å². The van der Waals surface area contributed by atoms with E-state index in [1.54, 1.807) is 25.1 Å². The predicted octanol–water partition coefficient (Wildman–Crippen LogP) is 1.74. The van der Waals surface area contributed by atoms with Crippen molar-refractivity contribution < 1.29 is 9.18 Å². The van der Waals surface area contributed by atoms with E-state index in [0.717, 1.165) is 0 Å². The van der Waals surface area contributed by atoms with E-state index in [4.69, 9.17) is 5.73 Å². The molecule has 1 aromatic carbocycles. The van der Waals surface area contributed by atoms with Crippen molar-refractivity contribution in [1.29, 1.82) is 0 Å². The molecule has 4 heteroatoms. The lowest BCUT2D eigenvalue weighted by molar-refractivity contribution is -0.123. The number of halogens is 1. The summed E-state index contributed by atoms with van der Waals surface area (Å²) in [5.74, 6) is -0.571. The molecule has 0 fully saturated rings. The maximum atomic E-state index is 13.4. The number of carbonyl (C=O) groups excluding carboxylic acids is 1. The molecular formula is C12H17FN2O. The van der Waals surface area contributed by atoms with Gasteiger partial charge in [0.15, 0.2) is 0 Å². The largest absolute Gasteiger partial charge is 0.348 e. The van der Waals surface area contributed by atoms with Crippen molar-refractivity contribution in [1.82, 2.24) is 5.32 Å². The Hall–Kier alpha value is -1.42. The Morgan fingerprint density at radius 1 is 1.50 bits per heavy atom. The van der Waals surface area contributed by atoms with Crippen LogP contribution in [0.15, 0.2) is 24.3 Å². The summed E-state index contributed by atoms with van der Waals surface area (Å²) in [4.78, 5) is 11.5. The molecule has 1 rings (SSSR count). The van der Waals surface area contributed by atoms with E-state index in [-0.39, 0.29) is 17.8 Å². The zero-order chi connectivity index (χ0) is 12.1. The summed E-state index contributed by atoms with van der Waals surface area (Å²) in [5.41, 5.74) is 6.05. The van der Waals surface area contributed by atoms with Gasteiger partial charge in [-0.3, -0.25) is 4.79 Å². The fraction of sp³-hybridized carbons (Fsp3) is 0.417. The summed E-state index contributed by atoms with van der Waals surface area (Å²) in [7, 11) is 0. The van der Waals surface area contributed by atoms with E-state index < -0.39 is 6.04 Å². The van der Waals surface area contributed by atoms with Gasteiger partial charge in [0, 0.05) is 5.56 Å². The molecule has 1 aromatic rings. The summed E-state index contributed by atoms with van der Waals surface area (Å²) < 4.78 is 13.4. The van der Waals surface area contributed by atoms with Gasteiger partial charge in [-0.25, -0.2) is 4.39 Å². The molecule has 88 valence electrons. The van der Waals surface area contributed by atoms with E-state index in [0.29, 0.717) is 12.0 Å². The standard InChI is InChI=1S/C12H17FN2O/c1-3-11(14)12(16)15-8(2)9-6-4-5-7-10(9)13/h4-8,11H,3,14H2,1-2H3,(H,15,16)/t8-,11?/m1/s1. The molecule has 0 radical (unpaired) electrons. The van der Waals surface area contributed by atoms with Crippen LogP contribution in [0, 0.1) is 5.82 Å². The lowest BCUT2D eigenvalue weighted by Crippen LogP contribution is -2.41. The van der Waals surface area contributed by atoms with E-state index in [1.807, 2.05) is 6.92 Å². The van der Waals surface area contributed by atoms with Crippen molar-refractivity contribution in [3.63, 3.8) is 0 Å². The monoisotopic (exact) mass is 224 g/mol. The molecule has 0 aromatic heterocycles. The first kappa shape index (κ1) is 12.6. The topological polar surface area (TPSA) is 55.1 Å². The van der Waals surface area contributed by atoms with Crippen LogP contribution in [0.25, 0.3) is 0 Å². The first-order valence-electron chi connectivity index (χ1n) is 5.36. The van der Waals surface area contributed by atoms with Crippen LogP contribution in [-0.4, -0.2) is 11.9 Å². The fourth-order valence-electron chi connectivity index (χ4n) is 1.41. The van der Waals surface area contributed by atoms with Gasteiger partial charge in [0.2, 0.25) is 5.91 Å². The molecule has 1 unspecified atom stereocenters. The van der Waals surface area contributed by atoms with Crippen LogP contribution in [-0.2, 0) is 4.79 Å². The number of amides is 1. The van der Waals surface area contributed by atoms with Crippen molar-refractivity contribution in [2.24, 2.45) is 5.73 Å². The summed E-state index contributed by atoms with van der Waals surface area (Å²) in [6, 6.07) is 5.47. The van der Waals surface area contributed by atoms with Crippen LogP contribution in [0.3, 0.4) is 0 Å². The molecule has 0 aliphatic heterocycles. The highest BCUT2D eigenvalue weighted by molar-refractivity contribution is 5.81. The van der Waals surface area contributed by atoms with Crippen molar-refractivity contribution in [2.75, 3.05) is 0 Å². The quantitative estimate of drug-likeness (QED) is 0.818. The van der Waals surface area contributed by atoms with Crippen LogP contribution < -0.4 is 11.1 Å². The second kappa shape index (κ2) is 5.61. The molecule has 0 bridgehead atoms. The van der Waals surface area contributed by atoms with E-state index in [2.05, 4.69) is 5.32 Å². The van der Waals surface area contributed by atoms with Crippen molar-refractivity contribution in [2.45, 2.75) is 32.4 Å². The van der Waals surface area contributed by atoms with Gasteiger partial charge in [-0.15, -0.1) is 0 Å².